The fraction of sp³-hybridized carbons (Fsp3) is 0.111. The predicted molar refractivity (Wildman–Crippen MR) is 144 cm³/mol. The van der Waals surface area contributed by atoms with E-state index in [4.69, 9.17) is 11.6 Å². The number of nitrogens with zero attached hydrogens (tertiary/aromatic N) is 8. The summed E-state index contributed by atoms with van der Waals surface area (Å²) in [4.78, 5) is 22.3. The molecule has 4 aromatic heterocycles. The van der Waals surface area contributed by atoms with Crippen LogP contribution in [0.3, 0.4) is 0 Å². The fourth-order valence-corrected chi connectivity index (χ4v) is 4.44. The average molecular weight is 524 g/mol. The van der Waals surface area contributed by atoms with Gasteiger partial charge in [-0.3, -0.25) is 9.48 Å². The number of halogens is 1. The van der Waals surface area contributed by atoms with Gasteiger partial charge in [0, 0.05) is 35.6 Å². The van der Waals surface area contributed by atoms with Crippen molar-refractivity contribution in [3.63, 3.8) is 0 Å². The van der Waals surface area contributed by atoms with E-state index >= 15 is 0 Å². The largest absolute Gasteiger partial charge is 0.365 e. The molecule has 0 bridgehead atoms. The third-order valence-corrected chi connectivity index (χ3v) is 6.34. The summed E-state index contributed by atoms with van der Waals surface area (Å²) < 4.78 is 3.53. The molecule has 0 amide bonds. The summed E-state index contributed by atoms with van der Waals surface area (Å²) in [6.45, 7) is 1.56. The van der Waals surface area contributed by atoms with Crippen LogP contribution in [0.5, 0.6) is 0 Å². The van der Waals surface area contributed by atoms with Crippen molar-refractivity contribution in [1.29, 1.82) is 0 Å². The number of pyridine rings is 1. The van der Waals surface area contributed by atoms with Crippen molar-refractivity contribution in [2.24, 2.45) is 0 Å². The van der Waals surface area contributed by atoms with Crippen molar-refractivity contribution < 1.29 is 0 Å². The zero-order valence-corrected chi connectivity index (χ0v) is 20.9. The highest BCUT2D eigenvalue weighted by molar-refractivity contribution is 6.30. The van der Waals surface area contributed by atoms with Gasteiger partial charge in [0.15, 0.2) is 5.65 Å². The molecule has 0 unspecified atom stereocenters. The Hall–Kier alpha value is -4.83. The molecule has 2 aromatic carbocycles. The SMILES string of the molecule is O=c1ccccn1Cc1ccc(Cn2cc3c(NCc4cc(Cl)ccc4-n4nccn4)ncnc3n2)cc1. The minimum Gasteiger partial charge on any atom is -0.365 e. The van der Waals surface area contributed by atoms with Gasteiger partial charge < -0.3 is 9.88 Å². The van der Waals surface area contributed by atoms with Gasteiger partial charge in [0.25, 0.3) is 5.56 Å². The summed E-state index contributed by atoms with van der Waals surface area (Å²) in [7, 11) is 0. The Morgan fingerprint density at radius 1 is 0.895 bits per heavy atom. The van der Waals surface area contributed by atoms with Gasteiger partial charge in [-0.05, 0) is 35.4 Å². The third-order valence-electron chi connectivity index (χ3n) is 6.11. The molecule has 0 aliphatic carbocycles. The molecule has 0 saturated heterocycles. The van der Waals surface area contributed by atoms with Gasteiger partial charge in [0.1, 0.15) is 12.1 Å². The van der Waals surface area contributed by atoms with Crippen LogP contribution in [0.15, 0.2) is 96.6 Å². The van der Waals surface area contributed by atoms with E-state index in [0.29, 0.717) is 36.1 Å². The Balaban J connectivity index is 1.19. The highest BCUT2D eigenvalue weighted by Gasteiger charge is 2.12. The summed E-state index contributed by atoms with van der Waals surface area (Å²) in [5.41, 5.74) is 4.47. The molecule has 10 nitrogen and oxygen atoms in total. The average Bonchev–Trinajstić information content (AvgIpc) is 3.60. The number of benzene rings is 2. The Bertz CT molecular complexity index is 1760. The van der Waals surface area contributed by atoms with Gasteiger partial charge in [-0.25, -0.2) is 9.97 Å². The molecular formula is C27H22ClN9O. The molecule has 0 fully saturated rings. The molecule has 6 aromatic rings. The number of fused-ring (bicyclic) bond motifs is 1. The van der Waals surface area contributed by atoms with Crippen LogP contribution in [0.1, 0.15) is 16.7 Å². The standard InChI is InChI=1S/C27H22ClN9O/c28-22-8-9-24(37-32-10-11-33-37)21(13-22)14-29-26-23-17-36(34-27(23)31-18-30-26)16-20-6-4-19(5-7-20)15-35-12-2-1-3-25(35)38/h1-13,17-18H,14-16H2,(H,29,30,31,34). The lowest BCUT2D eigenvalue weighted by Crippen LogP contribution is -2.18. The highest BCUT2D eigenvalue weighted by atomic mass is 35.5. The van der Waals surface area contributed by atoms with Crippen molar-refractivity contribution in [2.75, 3.05) is 5.32 Å². The first-order valence-electron chi connectivity index (χ1n) is 11.9. The van der Waals surface area contributed by atoms with Gasteiger partial charge in [0.2, 0.25) is 0 Å². The monoisotopic (exact) mass is 523 g/mol. The van der Waals surface area contributed by atoms with Gasteiger partial charge in [-0.15, -0.1) is 0 Å². The van der Waals surface area contributed by atoms with Gasteiger partial charge in [0.05, 0.1) is 36.6 Å². The molecule has 0 spiro atoms. The topological polar surface area (TPSA) is 108 Å². The van der Waals surface area contributed by atoms with Crippen molar-refractivity contribution in [1.82, 2.24) is 39.3 Å². The van der Waals surface area contributed by atoms with Crippen molar-refractivity contribution in [2.45, 2.75) is 19.6 Å². The van der Waals surface area contributed by atoms with E-state index in [2.05, 4.69) is 30.6 Å². The second kappa shape index (κ2) is 10.3. The number of hydrogen-bond donors (Lipinski definition) is 1. The normalized spacial score (nSPS) is 11.2. The van der Waals surface area contributed by atoms with Crippen molar-refractivity contribution in [3.8, 4) is 5.69 Å². The number of rotatable bonds is 8. The molecule has 0 aliphatic heterocycles. The molecule has 11 heteroatoms. The Kier molecular flexibility index (Phi) is 6.37. The molecule has 0 aliphatic rings. The van der Waals surface area contributed by atoms with Crippen LogP contribution in [0, 0.1) is 0 Å². The lowest BCUT2D eigenvalue weighted by atomic mass is 10.1. The molecular weight excluding hydrogens is 502 g/mol. The first-order valence-corrected chi connectivity index (χ1v) is 12.3. The first kappa shape index (κ1) is 23.6. The van der Waals surface area contributed by atoms with Crippen LogP contribution in [0.4, 0.5) is 5.82 Å². The second-order valence-corrected chi connectivity index (χ2v) is 9.15. The fourth-order valence-electron chi connectivity index (χ4n) is 4.24. The Morgan fingerprint density at radius 2 is 1.68 bits per heavy atom. The minimum atomic E-state index is -0.0185. The van der Waals surface area contributed by atoms with E-state index in [1.165, 1.54) is 6.33 Å². The maximum Gasteiger partial charge on any atom is 0.250 e. The van der Waals surface area contributed by atoms with Gasteiger partial charge in [-0.2, -0.15) is 20.1 Å². The quantitative estimate of drug-likeness (QED) is 0.322. The van der Waals surface area contributed by atoms with Crippen molar-refractivity contribution in [3.05, 3.63) is 124 Å². The van der Waals surface area contributed by atoms with Crippen LogP contribution in [0.2, 0.25) is 5.02 Å². The Morgan fingerprint density at radius 3 is 2.47 bits per heavy atom. The predicted octanol–water partition coefficient (Wildman–Crippen LogP) is 3.93. The van der Waals surface area contributed by atoms with E-state index in [-0.39, 0.29) is 5.56 Å². The number of anilines is 1. The Labute approximate surface area is 222 Å². The van der Waals surface area contributed by atoms with E-state index in [1.807, 2.05) is 59.4 Å². The first-order chi connectivity index (χ1) is 18.6. The zero-order chi connectivity index (χ0) is 25.9. The van der Waals surface area contributed by atoms with Crippen LogP contribution in [-0.2, 0) is 19.6 Å². The number of hydrogen-bond acceptors (Lipinski definition) is 7. The molecule has 1 N–H and O–H groups in total. The maximum atomic E-state index is 12.0. The molecule has 0 atom stereocenters. The molecule has 0 radical (unpaired) electrons. The van der Waals surface area contributed by atoms with Gasteiger partial charge in [-0.1, -0.05) is 41.9 Å². The summed E-state index contributed by atoms with van der Waals surface area (Å²) >= 11 is 6.26. The molecule has 6 rings (SSSR count). The molecule has 4 heterocycles. The van der Waals surface area contributed by atoms with Gasteiger partial charge >= 0.3 is 0 Å². The summed E-state index contributed by atoms with van der Waals surface area (Å²) in [5.74, 6) is 0.671. The zero-order valence-electron chi connectivity index (χ0n) is 20.1. The smallest absolute Gasteiger partial charge is 0.250 e. The lowest BCUT2D eigenvalue weighted by molar-refractivity contribution is 0.692. The van der Waals surface area contributed by atoms with Crippen molar-refractivity contribution >= 4 is 28.5 Å². The maximum absolute atomic E-state index is 12.0. The second-order valence-electron chi connectivity index (χ2n) is 8.71. The van der Waals surface area contributed by atoms with Crippen LogP contribution in [-0.4, -0.2) is 39.3 Å². The molecule has 38 heavy (non-hydrogen) atoms. The van der Waals surface area contributed by atoms with Crippen LogP contribution in [0.25, 0.3) is 16.7 Å². The highest BCUT2D eigenvalue weighted by Crippen LogP contribution is 2.23. The van der Waals surface area contributed by atoms with Crippen LogP contribution < -0.4 is 10.9 Å². The van der Waals surface area contributed by atoms with E-state index in [1.54, 1.807) is 40.1 Å². The van der Waals surface area contributed by atoms with E-state index in [0.717, 1.165) is 27.8 Å². The summed E-state index contributed by atoms with van der Waals surface area (Å²) in [5, 5.41) is 17.9. The van der Waals surface area contributed by atoms with E-state index < -0.39 is 0 Å². The summed E-state index contributed by atoms with van der Waals surface area (Å²) in [6.07, 6.45) is 8.48. The molecule has 188 valence electrons. The third kappa shape index (κ3) is 5.02. The number of nitrogens with one attached hydrogen (secondary N) is 1. The van der Waals surface area contributed by atoms with E-state index in [9.17, 15) is 4.79 Å². The number of aromatic nitrogens is 8. The lowest BCUT2D eigenvalue weighted by Gasteiger charge is -2.11. The summed E-state index contributed by atoms with van der Waals surface area (Å²) in [6, 6.07) is 18.9. The van der Waals surface area contributed by atoms with Crippen LogP contribution >= 0.6 is 11.6 Å². The molecule has 0 saturated carbocycles. The minimum absolute atomic E-state index is 0.0185.